The third-order valence-electron chi connectivity index (χ3n) is 5.34. The summed E-state index contributed by atoms with van der Waals surface area (Å²) < 4.78 is 0. The van der Waals surface area contributed by atoms with Crippen LogP contribution in [-0.2, 0) is 13.0 Å². The number of benzene rings is 3. The Hall–Kier alpha value is -4.45. The number of urea groups is 1. The molecule has 0 bridgehead atoms. The summed E-state index contributed by atoms with van der Waals surface area (Å²) >= 11 is 0. The maximum absolute atomic E-state index is 13.0. The smallest absolute Gasteiger partial charge is 0.319 e. The van der Waals surface area contributed by atoms with E-state index in [9.17, 15) is 9.59 Å². The summed E-state index contributed by atoms with van der Waals surface area (Å²) in [4.78, 5) is 29.6. The first-order valence-corrected chi connectivity index (χ1v) is 11.2. The second-order valence-corrected chi connectivity index (χ2v) is 7.70. The van der Waals surface area contributed by atoms with Crippen LogP contribution in [0.4, 0.5) is 10.5 Å². The van der Waals surface area contributed by atoms with Crippen molar-refractivity contribution in [1.82, 2.24) is 15.6 Å². The number of carbonyl (C=O) groups excluding carboxylic acids is 2. The molecular formula is C28H26N4O2. The van der Waals surface area contributed by atoms with E-state index in [1.54, 1.807) is 6.20 Å². The van der Waals surface area contributed by atoms with Crippen molar-refractivity contribution in [3.8, 4) is 11.1 Å². The van der Waals surface area contributed by atoms with Crippen LogP contribution in [0.3, 0.4) is 0 Å². The van der Waals surface area contributed by atoms with Gasteiger partial charge in [-0.1, -0.05) is 66.7 Å². The molecule has 170 valence electrons. The second-order valence-electron chi connectivity index (χ2n) is 7.70. The lowest BCUT2D eigenvalue weighted by molar-refractivity contribution is 0.0954. The Balaban J connectivity index is 1.45. The van der Waals surface area contributed by atoms with Gasteiger partial charge in [0, 0.05) is 42.7 Å². The molecule has 34 heavy (non-hydrogen) atoms. The van der Waals surface area contributed by atoms with Crippen LogP contribution in [0.5, 0.6) is 0 Å². The van der Waals surface area contributed by atoms with Crippen LogP contribution in [0.2, 0.25) is 0 Å². The molecule has 3 N–H and O–H groups in total. The second kappa shape index (κ2) is 11.4. The Morgan fingerprint density at radius 2 is 1.41 bits per heavy atom. The number of rotatable bonds is 8. The number of nitrogens with one attached hydrogen (secondary N) is 3. The van der Waals surface area contributed by atoms with Gasteiger partial charge in [0.25, 0.3) is 5.91 Å². The third-order valence-corrected chi connectivity index (χ3v) is 5.34. The SMILES string of the molecule is O=C(NCc1ccccc1-c1ccccc1C(=O)NCCc1ccccn1)Nc1ccccc1. The summed E-state index contributed by atoms with van der Waals surface area (Å²) in [6.07, 6.45) is 2.41. The molecule has 3 aromatic carbocycles. The van der Waals surface area contributed by atoms with Gasteiger partial charge < -0.3 is 16.0 Å². The minimum absolute atomic E-state index is 0.142. The van der Waals surface area contributed by atoms with Gasteiger partial charge in [-0.3, -0.25) is 9.78 Å². The van der Waals surface area contributed by atoms with Crippen LogP contribution in [-0.4, -0.2) is 23.5 Å². The molecule has 0 atom stereocenters. The largest absolute Gasteiger partial charge is 0.352 e. The first-order chi connectivity index (χ1) is 16.7. The Bertz CT molecular complexity index is 1240. The summed E-state index contributed by atoms with van der Waals surface area (Å²) in [5.74, 6) is -0.142. The number of pyridine rings is 1. The highest BCUT2D eigenvalue weighted by Crippen LogP contribution is 2.27. The van der Waals surface area contributed by atoms with E-state index in [0.717, 1.165) is 28.1 Å². The Labute approximate surface area is 199 Å². The number of anilines is 1. The first-order valence-electron chi connectivity index (χ1n) is 11.2. The van der Waals surface area contributed by atoms with Crippen molar-refractivity contribution in [2.24, 2.45) is 0 Å². The predicted octanol–water partition coefficient (Wildman–Crippen LogP) is 5.04. The fourth-order valence-electron chi connectivity index (χ4n) is 3.67. The average molecular weight is 451 g/mol. The van der Waals surface area contributed by atoms with Crippen molar-refractivity contribution < 1.29 is 9.59 Å². The number of para-hydroxylation sites is 1. The van der Waals surface area contributed by atoms with E-state index in [1.807, 2.05) is 97.1 Å². The quantitative estimate of drug-likeness (QED) is 0.352. The maximum Gasteiger partial charge on any atom is 0.319 e. The minimum atomic E-state index is -0.290. The monoisotopic (exact) mass is 450 g/mol. The van der Waals surface area contributed by atoms with Crippen molar-refractivity contribution in [2.45, 2.75) is 13.0 Å². The molecule has 4 aromatic rings. The number of nitrogens with zero attached hydrogens (tertiary/aromatic N) is 1. The number of amides is 3. The molecule has 4 rings (SSSR count). The van der Waals surface area contributed by atoms with E-state index in [1.165, 1.54) is 0 Å². The Kier molecular flexibility index (Phi) is 7.64. The van der Waals surface area contributed by atoms with E-state index < -0.39 is 0 Å². The van der Waals surface area contributed by atoms with Crippen LogP contribution in [0.1, 0.15) is 21.6 Å². The van der Waals surface area contributed by atoms with Gasteiger partial charge in [0.15, 0.2) is 0 Å². The van der Waals surface area contributed by atoms with Crippen molar-refractivity contribution in [3.63, 3.8) is 0 Å². The summed E-state index contributed by atoms with van der Waals surface area (Å²) in [5, 5.41) is 8.72. The zero-order chi connectivity index (χ0) is 23.6. The molecule has 6 nitrogen and oxygen atoms in total. The van der Waals surface area contributed by atoms with Gasteiger partial charge in [-0.15, -0.1) is 0 Å². The van der Waals surface area contributed by atoms with Crippen LogP contribution in [0.25, 0.3) is 11.1 Å². The van der Waals surface area contributed by atoms with Crippen LogP contribution >= 0.6 is 0 Å². The standard InChI is InChI=1S/C28H26N4O2/c33-27(30-19-17-22-11-8-9-18-29-22)26-16-7-6-15-25(26)24-14-5-4-10-21(24)20-31-28(34)32-23-12-2-1-3-13-23/h1-16,18H,17,19-20H2,(H,30,33)(H2,31,32,34). The summed E-state index contributed by atoms with van der Waals surface area (Å²) in [6, 6.07) is 30.0. The van der Waals surface area contributed by atoms with E-state index >= 15 is 0 Å². The number of aromatic nitrogens is 1. The van der Waals surface area contributed by atoms with Crippen molar-refractivity contribution in [1.29, 1.82) is 0 Å². The van der Waals surface area contributed by atoms with Crippen LogP contribution in [0.15, 0.2) is 103 Å². The predicted molar refractivity (Wildman–Crippen MR) is 134 cm³/mol. The Morgan fingerprint density at radius 3 is 2.21 bits per heavy atom. The molecule has 0 saturated heterocycles. The molecule has 0 aliphatic heterocycles. The molecule has 1 heterocycles. The highest BCUT2D eigenvalue weighted by molar-refractivity contribution is 6.01. The highest BCUT2D eigenvalue weighted by atomic mass is 16.2. The molecule has 0 aliphatic rings. The highest BCUT2D eigenvalue weighted by Gasteiger charge is 2.15. The first kappa shape index (κ1) is 22.7. The van der Waals surface area contributed by atoms with Crippen molar-refractivity contribution >= 4 is 17.6 Å². The minimum Gasteiger partial charge on any atom is -0.352 e. The van der Waals surface area contributed by atoms with E-state index in [0.29, 0.717) is 25.1 Å². The third kappa shape index (κ3) is 6.07. The lowest BCUT2D eigenvalue weighted by Crippen LogP contribution is -2.28. The molecule has 0 aliphatic carbocycles. The van der Waals surface area contributed by atoms with Gasteiger partial charge in [-0.2, -0.15) is 0 Å². The topological polar surface area (TPSA) is 83.1 Å². The fraction of sp³-hybridized carbons (Fsp3) is 0.107. The zero-order valence-corrected chi connectivity index (χ0v) is 18.7. The Morgan fingerprint density at radius 1 is 0.706 bits per heavy atom. The maximum atomic E-state index is 13.0. The molecule has 0 saturated carbocycles. The van der Waals surface area contributed by atoms with Crippen LogP contribution in [0, 0.1) is 0 Å². The van der Waals surface area contributed by atoms with E-state index in [4.69, 9.17) is 0 Å². The van der Waals surface area contributed by atoms with Gasteiger partial charge >= 0.3 is 6.03 Å². The molecule has 0 fully saturated rings. The van der Waals surface area contributed by atoms with Gasteiger partial charge in [-0.25, -0.2) is 4.79 Å². The summed E-state index contributed by atoms with van der Waals surface area (Å²) in [7, 11) is 0. The zero-order valence-electron chi connectivity index (χ0n) is 18.7. The molecule has 0 radical (unpaired) electrons. The van der Waals surface area contributed by atoms with Gasteiger partial charge in [0.05, 0.1) is 0 Å². The van der Waals surface area contributed by atoms with E-state index in [2.05, 4.69) is 20.9 Å². The fourth-order valence-corrected chi connectivity index (χ4v) is 3.67. The molecule has 3 amide bonds. The van der Waals surface area contributed by atoms with Gasteiger partial charge in [0.1, 0.15) is 0 Å². The van der Waals surface area contributed by atoms with Gasteiger partial charge in [0.2, 0.25) is 0 Å². The van der Waals surface area contributed by atoms with E-state index in [-0.39, 0.29) is 11.9 Å². The van der Waals surface area contributed by atoms with Gasteiger partial charge in [-0.05, 0) is 47.0 Å². The molecule has 0 unspecified atom stereocenters. The molecule has 0 spiro atoms. The molecule has 6 heteroatoms. The lowest BCUT2D eigenvalue weighted by atomic mass is 9.95. The lowest BCUT2D eigenvalue weighted by Gasteiger charge is -2.15. The summed E-state index contributed by atoms with van der Waals surface area (Å²) in [6.45, 7) is 0.817. The molecular weight excluding hydrogens is 424 g/mol. The van der Waals surface area contributed by atoms with Crippen molar-refractivity contribution in [3.05, 3.63) is 120 Å². The number of hydrogen-bond acceptors (Lipinski definition) is 3. The number of carbonyl (C=O) groups is 2. The average Bonchev–Trinajstić information content (AvgIpc) is 2.89. The molecule has 1 aromatic heterocycles. The number of hydrogen-bond donors (Lipinski definition) is 3. The van der Waals surface area contributed by atoms with Crippen LogP contribution < -0.4 is 16.0 Å². The summed E-state index contributed by atoms with van der Waals surface area (Å²) in [5.41, 5.74) is 4.88. The van der Waals surface area contributed by atoms with Crippen molar-refractivity contribution in [2.75, 3.05) is 11.9 Å². The normalized spacial score (nSPS) is 10.4.